The van der Waals surface area contributed by atoms with Crippen LogP contribution >= 0.6 is 11.3 Å². The molecule has 0 spiro atoms. The number of nitrogens with one attached hydrogen (secondary N) is 1. The Hall–Kier alpha value is -2.40. The standard InChI is InChI=1S/C27H31FN2OS/c1-14-6-7-19(12-23(14)28)26(22-13-21(22)18-8-9-18)30-27-29-25(17(4)32-27)20-10-16(3)24(31-5)11-15(20)2/h6-7,10-12,18,21-22,26H,8-9,13H2,1-5H3,(H,29,30). The molecule has 0 amide bonds. The number of aromatic nitrogens is 1. The molecule has 1 aromatic heterocycles. The second kappa shape index (κ2) is 8.18. The Labute approximate surface area is 194 Å². The van der Waals surface area contributed by atoms with Crippen molar-refractivity contribution in [2.45, 2.75) is 53.0 Å². The Balaban J connectivity index is 1.46. The normalized spacial score (nSPS) is 20.8. The number of nitrogens with zero attached hydrogens (tertiary/aromatic N) is 1. The number of anilines is 1. The third kappa shape index (κ3) is 4.03. The Bertz CT molecular complexity index is 1170. The molecule has 168 valence electrons. The van der Waals surface area contributed by atoms with Crippen LogP contribution in [0.4, 0.5) is 9.52 Å². The van der Waals surface area contributed by atoms with Gasteiger partial charge < -0.3 is 10.1 Å². The van der Waals surface area contributed by atoms with E-state index in [1.54, 1.807) is 24.5 Å². The number of thiazole rings is 1. The van der Waals surface area contributed by atoms with E-state index in [4.69, 9.17) is 9.72 Å². The maximum absolute atomic E-state index is 14.4. The van der Waals surface area contributed by atoms with Crippen molar-refractivity contribution >= 4 is 16.5 Å². The van der Waals surface area contributed by atoms with E-state index in [-0.39, 0.29) is 11.9 Å². The highest BCUT2D eigenvalue weighted by atomic mass is 32.1. The van der Waals surface area contributed by atoms with Crippen molar-refractivity contribution in [1.82, 2.24) is 4.98 Å². The van der Waals surface area contributed by atoms with Crippen LogP contribution < -0.4 is 10.1 Å². The Morgan fingerprint density at radius 2 is 1.84 bits per heavy atom. The molecule has 2 saturated carbocycles. The highest BCUT2D eigenvalue weighted by molar-refractivity contribution is 7.16. The lowest BCUT2D eigenvalue weighted by molar-refractivity contribution is 0.411. The van der Waals surface area contributed by atoms with Gasteiger partial charge in [-0.1, -0.05) is 12.1 Å². The van der Waals surface area contributed by atoms with Crippen LogP contribution in [-0.4, -0.2) is 12.1 Å². The molecule has 5 rings (SSSR count). The maximum atomic E-state index is 14.4. The molecule has 1 N–H and O–H groups in total. The quantitative estimate of drug-likeness (QED) is 0.407. The summed E-state index contributed by atoms with van der Waals surface area (Å²) in [6.07, 6.45) is 3.94. The zero-order chi connectivity index (χ0) is 22.6. The van der Waals surface area contributed by atoms with Gasteiger partial charge in [-0.15, -0.1) is 11.3 Å². The molecule has 3 atom stereocenters. The van der Waals surface area contributed by atoms with E-state index in [9.17, 15) is 4.39 Å². The number of rotatable bonds is 7. The molecule has 2 aromatic carbocycles. The van der Waals surface area contributed by atoms with Crippen LogP contribution in [0.5, 0.6) is 5.75 Å². The Morgan fingerprint density at radius 3 is 2.53 bits per heavy atom. The van der Waals surface area contributed by atoms with Crippen LogP contribution in [0.25, 0.3) is 11.3 Å². The molecule has 2 aliphatic rings. The lowest BCUT2D eigenvalue weighted by Gasteiger charge is -2.20. The van der Waals surface area contributed by atoms with Gasteiger partial charge in [0.05, 0.1) is 18.8 Å². The SMILES string of the molecule is COc1cc(C)c(-c2nc(NC(c3ccc(C)c(F)c3)C3CC3C3CC3)sc2C)cc1C. The highest BCUT2D eigenvalue weighted by Gasteiger charge is 2.51. The van der Waals surface area contributed by atoms with Crippen molar-refractivity contribution in [3.05, 3.63) is 63.3 Å². The van der Waals surface area contributed by atoms with Crippen molar-refractivity contribution in [1.29, 1.82) is 0 Å². The van der Waals surface area contributed by atoms with Crippen molar-refractivity contribution in [3.63, 3.8) is 0 Å². The molecule has 0 saturated heterocycles. The number of hydrogen-bond acceptors (Lipinski definition) is 4. The summed E-state index contributed by atoms with van der Waals surface area (Å²) in [5.41, 5.74) is 6.15. The Morgan fingerprint density at radius 1 is 1.06 bits per heavy atom. The van der Waals surface area contributed by atoms with Crippen LogP contribution in [0.3, 0.4) is 0 Å². The summed E-state index contributed by atoms with van der Waals surface area (Å²) in [7, 11) is 1.71. The molecule has 5 heteroatoms. The van der Waals surface area contributed by atoms with Gasteiger partial charge in [0.1, 0.15) is 11.6 Å². The number of halogens is 1. The van der Waals surface area contributed by atoms with Crippen LogP contribution in [-0.2, 0) is 0 Å². The van der Waals surface area contributed by atoms with Gasteiger partial charge in [-0.25, -0.2) is 9.37 Å². The zero-order valence-electron chi connectivity index (χ0n) is 19.5. The lowest BCUT2D eigenvalue weighted by Crippen LogP contribution is -2.15. The van der Waals surface area contributed by atoms with E-state index < -0.39 is 0 Å². The predicted octanol–water partition coefficient (Wildman–Crippen LogP) is 7.39. The first-order valence-electron chi connectivity index (χ1n) is 11.5. The molecule has 3 nitrogen and oxygen atoms in total. The summed E-state index contributed by atoms with van der Waals surface area (Å²) in [6.45, 7) is 8.12. The van der Waals surface area contributed by atoms with E-state index in [0.29, 0.717) is 11.5 Å². The van der Waals surface area contributed by atoms with Crippen LogP contribution in [0.2, 0.25) is 0 Å². The minimum Gasteiger partial charge on any atom is -0.496 e. The number of aryl methyl sites for hydroxylation is 4. The zero-order valence-corrected chi connectivity index (χ0v) is 20.3. The van der Waals surface area contributed by atoms with Crippen molar-refractivity contribution in [2.75, 3.05) is 12.4 Å². The summed E-state index contributed by atoms with van der Waals surface area (Å²) in [5.74, 6) is 2.97. The van der Waals surface area contributed by atoms with Crippen LogP contribution in [0.15, 0.2) is 30.3 Å². The van der Waals surface area contributed by atoms with Gasteiger partial charge in [-0.05, 0) is 105 Å². The molecular weight excluding hydrogens is 419 g/mol. The molecule has 0 radical (unpaired) electrons. The molecule has 1 heterocycles. The number of ether oxygens (including phenoxy) is 1. The number of benzene rings is 2. The summed E-state index contributed by atoms with van der Waals surface area (Å²) < 4.78 is 19.9. The molecule has 2 aliphatic carbocycles. The first kappa shape index (κ1) is 21.4. The number of hydrogen-bond donors (Lipinski definition) is 1. The summed E-state index contributed by atoms with van der Waals surface area (Å²) in [6, 6.07) is 10.0. The fraction of sp³-hybridized carbons (Fsp3) is 0.444. The first-order chi connectivity index (χ1) is 15.4. The van der Waals surface area contributed by atoms with Crippen molar-refractivity contribution in [2.24, 2.45) is 17.8 Å². The van der Waals surface area contributed by atoms with Crippen molar-refractivity contribution in [3.8, 4) is 17.0 Å². The van der Waals surface area contributed by atoms with Gasteiger partial charge in [0.2, 0.25) is 0 Å². The highest BCUT2D eigenvalue weighted by Crippen LogP contribution is 2.59. The fourth-order valence-corrected chi connectivity index (χ4v) is 5.90. The van der Waals surface area contributed by atoms with Gasteiger partial charge in [0, 0.05) is 10.4 Å². The molecule has 2 fully saturated rings. The van der Waals surface area contributed by atoms with Gasteiger partial charge in [0.25, 0.3) is 0 Å². The largest absolute Gasteiger partial charge is 0.496 e. The molecule has 0 aliphatic heterocycles. The maximum Gasteiger partial charge on any atom is 0.183 e. The van der Waals surface area contributed by atoms with Crippen LogP contribution in [0, 0.1) is 51.3 Å². The third-order valence-electron chi connectivity index (χ3n) is 7.17. The lowest BCUT2D eigenvalue weighted by atomic mass is 9.98. The fourth-order valence-electron chi connectivity index (χ4n) is 5.03. The topological polar surface area (TPSA) is 34.1 Å². The predicted molar refractivity (Wildman–Crippen MR) is 130 cm³/mol. The third-order valence-corrected chi connectivity index (χ3v) is 8.08. The van der Waals surface area contributed by atoms with Gasteiger partial charge in [-0.3, -0.25) is 0 Å². The summed E-state index contributed by atoms with van der Waals surface area (Å²) in [5, 5.41) is 4.63. The van der Waals surface area contributed by atoms with Gasteiger partial charge >= 0.3 is 0 Å². The summed E-state index contributed by atoms with van der Waals surface area (Å²) in [4.78, 5) is 6.20. The van der Waals surface area contributed by atoms with E-state index in [2.05, 4.69) is 44.3 Å². The minimum absolute atomic E-state index is 0.104. The molecule has 3 unspecified atom stereocenters. The molecule has 32 heavy (non-hydrogen) atoms. The molecule has 3 aromatic rings. The van der Waals surface area contributed by atoms with Crippen molar-refractivity contribution < 1.29 is 9.13 Å². The molecular formula is C27H31FN2OS. The number of methoxy groups -OCH3 is 1. The summed E-state index contributed by atoms with van der Waals surface area (Å²) >= 11 is 1.69. The van der Waals surface area contributed by atoms with E-state index in [1.165, 1.54) is 24.1 Å². The smallest absolute Gasteiger partial charge is 0.183 e. The van der Waals surface area contributed by atoms with Crippen LogP contribution in [0.1, 0.15) is 52.4 Å². The Kier molecular flexibility index (Phi) is 5.48. The van der Waals surface area contributed by atoms with E-state index >= 15 is 0 Å². The van der Waals surface area contributed by atoms with E-state index in [1.807, 2.05) is 13.0 Å². The first-order valence-corrected chi connectivity index (χ1v) is 12.3. The van der Waals surface area contributed by atoms with E-state index in [0.717, 1.165) is 50.7 Å². The average Bonchev–Trinajstić information content (AvgIpc) is 3.67. The second-order valence-corrected chi connectivity index (χ2v) is 10.8. The monoisotopic (exact) mass is 450 g/mol. The van der Waals surface area contributed by atoms with Gasteiger partial charge in [0.15, 0.2) is 5.13 Å². The molecule has 0 bridgehead atoms. The second-order valence-electron chi connectivity index (χ2n) is 9.59. The minimum atomic E-state index is -0.127. The average molecular weight is 451 g/mol. The van der Waals surface area contributed by atoms with Gasteiger partial charge in [-0.2, -0.15) is 0 Å².